The number of carbonyl (C=O) groups excluding carboxylic acids is 5. The first-order valence-corrected chi connectivity index (χ1v) is 11.6. The van der Waals surface area contributed by atoms with Crippen molar-refractivity contribution in [2.75, 3.05) is 6.54 Å². The zero-order chi connectivity index (χ0) is 26.9. The van der Waals surface area contributed by atoms with Crippen molar-refractivity contribution in [3.63, 3.8) is 0 Å². The van der Waals surface area contributed by atoms with Crippen molar-refractivity contribution in [3.05, 3.63) is 78.0 Å². The molecular formula is C26H29N5O6. The van der Waals surface area contributed by atoms with E-state index in [2.05, 4.69) is 33.2 Å². The maximum absolute atomic E-state index is 13.3. The summed E-state index contributed by atoms with van der Waals surface area (Å²) in [5, 5.41) is 22.0. The minimum Gasteiger partial charge on any atom is -0.508 e. The Balaban J connectivity index is 1.92. The quantitative estimate of drug-likeness (QED) is 0.303. The summed E-state index contributed by atoms with van der Waals surface area (Å²) in [5.74, 6) is -3.38. The molecule has 0 bridgehead atoms. The van der Waals surface area contributed by atoms with Crippen LogP contribution in [0.3, 0.4) is 0 Å². The van der Waals surface area contributed by atoms with Gasteiger partial charge in [0.25, 0.3) is 5.91 Å². The van der Waals surface area contributed by atoms with Gasteiger partial charge in [0, 0.05) is 12.8 Å². The second-order valence-corrected chi connectivity index (χ2v) is 8.62. The topological polar surface area (TPSA) is 166 Å². The molecule has 11 nitrogen and oxygen atoms in total. The Morgan fingerprint density at radius 2 is 1.38 bits per heavy atom. The lowest BCUT2D eigenvalue weighted by molar-refractivity contribution is -0.132. The van der Waals surface area contributed by atoms with Crippen LogP contribution in [0.5, 0.6) is 5.75 Å². The molecule has 0 aliphatic carbocycles. The van der Waals surface area contributed by atoms with Crippen molar-refractivity contribution in [1.82, 2.24) is 26.6 Å². The van der Waals surface area contributed by atoms with Gasteiger partial charge in [-0.25, -0.2) is 0 Å². The first kappa shape index (κ1) is 26.9. The fraction of sp³-hybridized carbons (Fsp3) is 0.269. The molecule has 2 aromatic rings. The van der Waals surface area contributed by atoms with Crippen molar-refractivity contribution in [3.8, 4) is 5.75 Å². The third kappa shape index (κ3) is 7.92. The van der Waals surface area contributed by atoms with Gasteiger partial charge in [-0.2, -0.15) is 0 Å². The predicted octanol–water partition coefficient (Wildman–Crippen LogP) is -0.589. The number of nitrogens with one attached hydrogen (secondary N) is 5. The highest BCUT2D eigenvalue weighted by atomic mass is 16.3. The van der Waals surface area contributed by atoms with E-state index in [1.54, 1.807) is 36.4 Å². The Morgan fingerprint density at radius 1 is 0.784 bits per heavy atom. The van der Waals surface area contributed by atoms with Crippen LogP contribution >= 0.6 is 0 Å². The molecule has 11 heteroatoms. The smallest absolute Gasteiger partial charge is 0.267 e. The Morgan fingerprint density at radius 3 is 2.03 bits per heavy atom. The van der Waals surface area contributed by atoms with Crippen molar-refractivity contribution in [2.24, 2.45) is 0 Å². The van der Waals surface area contributed by atoms with E-state index in [0.717, 1.165) is 5.56 Å². The number of benzene rings is 2. The predicted molar refractivity (Wildman–Crippen MR) is 134 cm³/mol. The number of hydrogen-bond donors (Lipinski definition) is 6. The molecule has 0 saturated carbocycles. The van der Waals surface area contributed by atoms with Crippen LogP contribution in [-0.2, 0) is 36.8 Å². The number of rotatable bonds is 4. The fourth-order valence-electron chi connectivity index (χ4n) is 3.62. The molecule has 37 heavy (non-hydrogen) atoms. The van der Waals surface area contributed by atoms with Gasteiger partial charge in [-0.1, -0.05) is 49.0 Å². The van der Waals surface area contributed by atoms with Crippen LogP contribution in [0.15, 0.2) is 66.9 Å². The van der Waals surface area contributed by atoms with Gasteiger partial charge in [-0.3, -0.25) is 24.0 Å². The van der Waals surface area contributed by atoms with E-state index >= 15 is 0 Å². The number of amides is 5. The largest absolute Gasteiger partial charge is 0.508 e. The van der Waals surface area contributed by atoms with Crippen molar-refractivity contribution >= 4 is 29.5 Å². The van der Waals surface area contributed by atoms with E-state index in [4.69, 9.17) is 0 Å². The van der Waals surface area contributed by atoms with E-state index in [1.165, 1.54) is 19.1 Å². The Hall–Kier alpha value is -4.67. The van der Waals surface area contributed by atoms with Gasteiger partial charge in [0.05, 0.1) is 12.2 Å². The van der Waals surface area contributed by atoms with Crippen LogP contribution < -0.4 is 26.6 Å². The molecule has 1 aliphatic heterocycles. The van der Waals surface area contributed by atoms with Gasteiger partial charge in [-0.05, 0) is 30.2 Å². The van der Waals surface area contributed by atoms with Crippen LogP contribution in [0.2, 0.25) is 0 Å². The second kappa shape index (κ2) is 12.3. The lowest BCUT2D eigenvalue weighted by Gasteiger charge is -2.23. The molecule has 0 radical (unpaired) electrons. The van der Waals surface area contributed by atoms with Gasteiger partial charge in [-0.15, -0.1) is 0 Å². The third-order valence-corrected chi connectivity index (χ3v) is 5.66. The van der Waals surface area contributed by atoms with Crippen molar-refractivity contribution in [1.29, 1.82) is 0 Å². The minimum atomic E-state index is -1.15. The average Bonchev–Trinajstić information content (AvgIpc) is 2.87. The molecule has 3 atom stereocenters. The number of phenols is 1. The summed E-state index contributed by atoms with van der Waals surface area (Å²) >= 11 is 0. The molecule has 1 fully saturated rings. The molecule has 194 valence electrons. The highest BCUT2D eigenvalue weighted by Crippen LogP contribution is 2.12. The highest BCUT2D eigenvalue weighted by Gasteiger charge is 2.29. The summed E-state index contributed by atoms with van der Waals surface area (Å²) in [6.07, 6.45) is 0.151. The average molecular weight is 508 g/mol. The zero-order valence-corrected chi connectivity index (χ0v) is 20.2. The van der Waals surface area contributed by atoms with Crippen LogP contribution in [0.1, 0.15) is 18.1 Å². The van der Waals surface area contributed by atoms with E-state index in [9.17, 15) is 29.1 Å². The fourth-order valence-corrected chi connectivity index (χ4v) is 3.62. The first-order valence-electron chi connectivity index (χ1n) is 11.6. The third-order valence-electron chi connectivity index (χ3n) is 5.66. The van der Waals surface area contributed by atoms with Crippen LogP contribution in [-0.4, -0.2) is 59.3 Å². The molecule has 0 spiro atoms. The summed E-state index contributed by atoms with van der Waals surface area (Å²) in [6, 6.07) is 11.8. The lowest BCUT2D eigenvalue weighted by Crippen LogP contribution is -2.56. The normalized spacial score (nSPS) is 21.9. The number of aromatic hydroxyl groups is 1. The van der Waals surface area contributed by atoms with E-state index in [0.29, 0.717) is 5.56 Å². The molecule has 5 amide bonds. The van der Waals surface area contributed by atoms with Crippen LogP contribution in [0.4, 0.5) is 0 Å². The van der Waals surface area contributed by atoms with Crippen molar-refractivity contribution in [2.45, 2.75) is 37.9 Å². The summed E-state index contributed by atoms with van der Waals surface area (Å²) < 4.78 is 0. The number of carbonyl (C=O) groups is 5. The van der Waals surface area contributed by atoms with Crippen LogP contribution in [0.25, 0.3) is 0 Å². The number of hydrogen-bond acceptors (Lipinski definition) is 6. The van der Waals surface area contributed by atoms with Gasteiger partial charge in [0.15, 0.2) is 0 Å². The van der Waals surface area contributed by atoms with Gasteiger partial charge >= 0.3 is 0 Å². The minimum absolute atomic E-state index is 0.0230. The molecule has 2 aromatic carbocycles. The molecule has 6 N–H and O–H groups in total. The molecule has 1 aliphatic rings. The maximum atomic E-state index is 13.3. The molecule has 0 unspecified atom stereocenters. The van der Waals surface area contributed by atoms with E-state index in [-0.39, 0.29) is 24.3 Å². The molecule has 1 saturated heterocycles. The first-order chi connectivity index (χ1) is 17.6. The molecule has 1 heterocycles. The SMILES string of the molecule is C=C1NC(=O)[C@H](Cc2ccc(O)cc2)NC(=O)[C@H](Cc2ccccc2)NC(=O)CNC(=O)[C@H](C)NC1=O. The second-order valence-electron chi connectivity index (χ2n) is 8.62. The summed E-state index contributed by atoms with van der Waals surface area (Å²) in [6.45, 7) is 4.55. The summed E-state index contributed by atoms with van der Waals surface area (Å²) in [5.41, 5.74) is 1.07. The zero-order valence-electron chi connectivity index (χ0n) is 20.2. The summed E-state index contributed by atoms with van der Waals surface area (Å²) in [7, 11) is 0. The van der Waals surface area contributed by atoms with E-state index < -0.39 is 54.2 Å². The van der Waals surface area contributed by atoms with Gasteiger partial charge in [0.1, 0.15) is 23.9 Å². The number of phenolic OH excluding ortho intramolecular Hbond substituents is 1. The molecule has 0 aromatic heterocycles. The van der Waals surface area contributed by atoms with Gasteiger partial charge < -0.3 is 31.7 Å². The standard InChI is InChI=1S/C26H29N5O6/c1-15-23(34)27-14-22(33)30-20(12-17-6-4-3-5-7-17)26(37)31-21(13-18-8-10-19(32)11-9-18)25(36)29-16(2)24(35)28-15/h3-11,15,20-21,32H,2,12-14H2,1H3,(H,27,34)(H,28,35)(H,29,36)(H,30,33)(H,31,37)/t15-,20-,21-/m0/s1. The monoisotopic (exact) mass is 507 g/mol. The Kier molecular flexibility index (Phi) is 8.98. The van der Waals surface area contributed by atoms with Gasteiger partial charge in [0.2, 0.25) is 23.6 Å². The highest BCUT2D eigenvalue weighted by molar-refractivity contribution is 6.01. The van der Waals surface area contributed by atoms with E-state index in [1.807, 2.05) is 6.07 Å². The lowest BCUT2D eigenvalue weighted by atomic mass is 10.0. The molecular weight excluding hydrogens is 478 g/mol. The van der Waals surface area contributed by atoms with Crippen LogP contribution in [0, 0.1) is 0 Å². The summed E-state index contributed by atoms with van der Waals surface area (Å²) in [4.78, 5) is 63.8. The Bertz CT molecular complexity index is 1180. The molecule has 3 rings (SSSR count). The van der Waals surface area contributed by atoms with Crippen molar-refractivity contribution < 1.29 is 29.1 Å². The Labute approximate surface area is 213 Å². The maximum Gasteiger partial charge on any atom is 0.267 e.